The van der Waals surface area contributed by atoms with E-state index in [-0.39, 0.29) is 12.0 Å². The molecule has 2 heterocycles. The Balaban J connectivity index is 2.28. The summed E-state index contributed by atoms with van der Waals surface area (Å²) in [6.07, 6.45) is 2.49. The molecule has 0 aliphatic carbocycles. The van der Waals surface area contributed by atoms with Gasteiger partial charge in [0.05, 0.1) is 33.1 Å². The molecule has 100 valence electrons. The van der Waals surface area contributed by atoms with Crippen molar-refractivity contribution in [1.29, 1.82) is 0 Å². The monoisotopic (exact) mass is 254 g/mol. The van der Waals surface area contributed by atoms with Gasteiger partial charge in [0.15, 0.2) is 0 Å². The van der Waals surface area contributed by atoms with E-state index in [4.69, 9.17) is 20.1 Å². The number of ether oxygens (including phenoxy) is 3. The first kappa shape index (κ1) is 13.0. The molecule has 7 heteroatoms. The highest BCUT2D eigenvalue weighted by Gasteiger charge is 2.30. The van der Waals surface area contributed by atoms with E-state index in [9.17, 15) is 0 Å². The van der Waals surface area contributed by atoms with Crippen molar-refractivity contribution in [2.75, 3.05) is 27.4 Å². The van der Waals surface area contributed by atoms with Gasteiger partial charge in [0, 0.05) is 12.5 Å². The second-order valence-electron chi connectivity index (χ2n) is 4.07. The molecule has 2 unspecified atom stereocenters. The lowest BCUT2D eigenvalue weighted by Crippen LogP contribution is -2.35. The number of hydrogen-bond acceptors (Lipinski definition) is 7. The summed E-state index contributed by atoms with van der Waals surface area (Å²) in [4.78, 5) is 8.53. The van der Waals surface area contributed by atoms with Crippen LogP contribution in [0.4, 0.5) is 0 Å². The number of rotatable bonds is 5. The maximum Gasteiger partial charge on any atom is 0.240 e. The van der Waals surface area contributed by atoms with Gasteiger partial charge in [-0.2, -0.15) is 4.98 Å². The molecule has 1 aromatic rings. The smallest absolute Gasteiger partial charge is 0.240 e. The predicted octanol–water partition coefficient (Wildman–Crippen LogP) is 0.0347. The minimum Gasteiger partial charge on any atom is -0.480 e. The van der Waals surface area contributed by atoms with Crippen LogP contribution >= 0.6 is 0 Å². The molecule has 0 bridgehead atoms. The zero-order valence-electron chi connectivity index (χ0n) is 10.5. The van der Waals surface area contributed by atoms with Gasteiger partial charge in [-0.25, -0.2) is 4.98 Å². The largest absolute Gasteiger partial charge is 0.480 e. The lowest BCUT2D eigenvalue weighted by atomic mass is 9.97. The van der Waals surface area contributed by atoms with Gasteiger partial charge in [0.25, 0.3) is 0 Å². The quantitative estimate of drug-likeness (QED) is 0.566. The standard InChI is InChI=1S/C11H18N4O3/c1-16-8-5-13-10(11(14-8)17-2)9(15-12)7-3-4-18-6-7/h5,7,9,15H,3-4,6,12H2,1-2H3. The van der Waals surface area contributed by atoms with Crippen LogP contribution in [0.3, 0.4) is 0 Å². The molecule has 0 saturated carbocycles. The number of nitrogens with one attached hydrogen (secondary N) is 1. The second-order valence-corrected chi connectivity index (χ2v) is 4.07. The van der Waals surface area contributed by atoms with Crippen molar-refractivity contribution < 1.29 is 14.2 Å². The van der Waals surface area contributed by atoms with Crippen molar-refractivity contribution in [3.63, 3.8) is 0 Å². The minimum atomic E-state index is -0.138. The highest BCUT2D eigenvalue weighted by molar-refractivity contribution is 5.26. The summed E-state index contributed by atoms with van der Waals surface area (Å²) in [5.41, 5.74) is 3.45. The molecule has 1 aliphatic rings. The Morgan fingerprint density at radius 2 is 2.33 bits per heavy atom. The van der Waals surface area contributed by atoms with Crippen molar-refractivity contribution in [2.45, 2.75) is 12.5 Å². The van der Waals surface area contributed by atoms with Crippen LogP contribution in [0, 0.1) is 5.92 Å². The van der Waals surface area contributed by atoms with Crippen LogP contribution in [-0.4, -0.2) is 37.4 Å². The Labute approximate surface area is 106 Å². The molecule has 1 aromatic heterocycles. The van der Waals surface area contributed by atoms with E-state index in [1.807, 2.05) is 0 Å². The van der Waals surface area contributed by atoms with E-state index in [1.54, 1.807) is 13.3 Å². The zero-order valence-corrected chi connectivity index (χ0v) is 10.5. The first-order chi connectivity index (χ1) is 8.80. The van der Waals surface area contributed by atoms with Gasteiger partial charge in [-0.3, -0.25) is 11.3 Å². The molecule has 2 atom stereocenters. The number of nitrogens with two attached hydrogens (primary N) is 1. The molecule has 0 spiro atoms. The number of hydrogen-bond donors (Lipinski definition) is 2. The number of nitrogens with zero attached hydrogens (tertiary/aromatic N) is 2. The third kappa shape index (κ3) is 2.53. The summed E-state index contributed by atoms with van der Waals surface area (Å²) in [5.74, 6) is 6.72. The maximum atomic E-state index is 5.62. The average molecular weight is 254 g/mol. The van der Waals surface area contributed by atoms with Gasteiger partial charge in [-0.15, -0.1) is 0 Å². The van der Waals surface area contributed by atoms with E-state index in [0.717, 1.165) is 13.0 Å². The number of hydrazine groups is 1. The van der Waals surface area contributed by atoms with Crippen LogP contribution in [0.25, 0.3) is 0 Å². The SMILES string of the molecule is COc1cnc(C(NN)C2CCOC2)c(OC)n1. The fourth-order valence-electron chi connectivity index (χ4n) is 2.08. The summed E-state index contributed by atoms with van der Waals surface area (Å²) >= 11 is 0. The highest BCUT2D eigenvalue weighted by atomic mass is 16.5. The molecular formula is C11H18N4O3. The molecule has 0 radical (unpaired) electrons. The predicted molar refractivity (Wildman–Crippen MR) is 64.1 cm³/mol. The lowest BCUT2D eigenvalue weighted by molar-refractivity contribution is 0.175. The fourth-order valence-corrected chi connectivity index (χ4v) is 2.08. The van der Waals surface area contributed by atoms with Crippen molar-refractivity contribution in [2.24, 2.45) is 11.8 Å². The Bertz CT molecular complexity index is 396. The van der Waals surface area contributed by atoms with Gasteiger partial charge in [0.2, 0.25) is 11.8 Å². The molecule has 3 N–H and O–H groups in total. The third-order valence-corrected chi connectivity index (χ3v) is 3.06. The molecule has 0 amide bonds. The summed E-state index contributed by atoms with van der Waals surface area (Å²) in [5, 5.41) is 0. The Morgan fingerprint density at radius 1 is 1.50 bits per heavy atom. The van der Waals surface area contributed by atoms with Crippen molar-refractivity contribution in [3.8, 4) is 11.8 Å². The summed E-state index contributed by atoms with van der Waals surface area (Å²) in [6, 6.07) is -0.138. The number of aromatic nitrogens is 2. The normalized spacial score (nSPS) is 20.7. The maximum absolute atomic E-state index is 5.62. The molecule has 1 fully saturated rings. The fraction of sp³-hybridized carbons (Fsp3) is 0.636. The van der Waals surface area contributed by atoms with E-state index >= 15 is 0 Å². The van der Waals surface area contributed by atoms with Gasteiger partial charge in [-0.1, -0.05) is 0 Å². The van der Waals surface area contributed by atoms with Crippen LogP contribution in [0.1, 0.15) is 18.2 Å². The Morgan fingerprint density at radius 3 is 2.89 bits per heavy atom. The topological polar surface area (TPSA) is 91.5 Å². The van der Waals surface area contributed by atoms with Gasteiger partial charge >= 0.3 is 0 Å². The lowest BCUT2D eigenvalue weighted by Gasteiger charge is -2.22. The summed E-state index contributed by atoms with van der Waals surface area (Å²) in [7, 11) is 3.08. The van der Waals surface area contributed by atoms with Gasteiger partial charge < -0.3 is 14.2 Å². The van der Waals surface area contributed by atoms with E-state index in [0.29, 0.717) is 24.1 Å². The first-order valence-corrected chi connectivity index (χ1v) is 5.79. The van der Waals surface area contributed by atoms with Crippen LogP contribution in [0.2, 0.25) is 0 Å². The molecule has 1 aliphatic heterocycles. The van der Waals surface area contributed by atoms with Crippen LogP contribution in [-0.2, 0) is 4.74 Å². The Hall–Kier alpha value is -1.44. The van der Waals surface area contributed by atoms with E-state index in [2.05, 4.69) is 15.4 Å². The van der Waals surface area contributed by atoms with E-state index < -0.39 is 0 Å². The van der Waals surface area contributed by atoms with Crippen molar-refractivity contribution in [3.05, 3.63) is 11.9 Å². The third-order valence-electron chi connectivity index (χ3n) is 3.06. The highest BCUT2D eigenvalue weighted by Crippen LogP contribution is 2.31. The van der Waals surface area contributed by atoms with Gasteiger partial charge in [0.1, 0.15) is 5.69 Å². The molecule has 7 nitrogen and oxygen atoms in total. The first-order valence-electron chi connectivity index (χ1n) is 5.79. The molecule has 2 rings (SSSR count). The van der Waals surface area contributed by atoms with Crippen LogP contribution in [0.15, 0.2) is 6.20 Å². The second kappa shape index (κ2) is 5.94. The summed E-state index contributed by atoms with van der Waals surface area (Å²) < 4.78 is 15.6. The van der Waals surface area contributed by atoms with Crippen molar-refractivity contribution >= 4 is 0 Å². The minimum absolute atomic E-state index is 0.138. The molecule has 0 aromatic carbocycles. The average Bonchev–Trinajstić information content (AvgIpc) is 2.94. The van der Waals surface area contributed by atoms with Crippen LogP contribution in [0.5, 0.6) is 11.8 Å². The van der Waals surface area contributed by atoms with E-state index in [1.165, 1.54) is 7.11 Å². The molecular weight excluding hydrogens is 236 g/mol. The Kier molecular flexibility index (Phi) is 4.29. The van der Waals surface area contributed by atoms with Gasteiger partial charge in [-0.05, 0) is 6.42 Å². The summed E-state index contributed by atoms with van der Waals surface area (Å²) in [6.45, 7) is 1.40. The van der Waals surface area contributed by atoms with Crippen LogP contribution < -0.4 is 20.7 Å². The van der Waals surface area contributed by atoms with Crippen molar-refractivity contribution in [1.82, 2.24) is 15.4 Å². The molecule has 18 heavy (non-hydrogen) atoms. The number of methoxy groups -OCH3 is 2. The molecule has 1 saturated heterocycles. The zero-order chi connectivity index (χ0) is 13.0.